The number of hydrogen-bond donors (Lipinski definition) is 2. The highest BCUT2D eigenvalue weighted by molar-refractivity contribution is 7.99. The summed E-state index contributed by atoms with van der Waals surface area (Å²) in [7, 11) is 0. The largest absolute Gasteiger partial charge is 0.465 e. The van der Waals surface area contributed by atoms with E-state index in [0.29, 0.717) is 16.6 Å². The van der Waals surface area contributed by atoms with Crippen molar-refractivity contribution < 1.29 is 13.9 Å². The van der Waals surface area contributed by atoms with E-state index >= 15 is 0 Å². The summed E-state index contributed by atoms with van der Waals surface area (Å²) in [6.07, 6.45) is 2.17. The third-order valence-electron chi connectivity index (χ3n) is 2.97. The maximum absolute atomic E-state index is 11.4. The number of aryl methyl sites for hydroxylation is 1. The summed E-state index contributed by atoms with van der Waals surface area (Å²) in [4.78, 5) is 11.4. The Morgan fingerprint density at radius 1 is 1.56 bits per heavy atom. The van der Waals surface area contributed by atoms with Crippen LogP contribution in [0.5, 0.6) is 0 Å². The third kappa shape index (κ3) is 3.28. The molecule has 0 atom stereocenters. The number of carbonyl (C=O) groups is 1. The summed E-state index contributed by atoms with van der Waals surface area (Å²) in [5.41, 5.74) is 2.63. The minimum absolute atomic E-state index is 0.307. The lowest BCUT2D eigenvalue weighted by atomic mass is 10.2. The van der Waals surface area contributed by atoms with E-state index in [0.717, 1.165) is 37.6 Å². The van der Waals surface area contributed by atoms with Gasteiger partial charge in [-0.15, -0.1) is 0 Å². The maximum Gasteiger partial charge on any atom is 0.268 e. The summed E-state index contributed by atoms with van der Waals surface area (Å²) in [6, 6.07) is 1.77. The molecule has 1 saturated heterocycles. The zero-order valence-corrected chi connectivity index (χ0v) is 11.2. The molecule has 1 aromatic rings. The van der Waals surface area contributed by atoms with Crippen LogP contribution in [0, 0.1) is 6.92 Å². The Balaban J connectivity index is 1.91. The standard InChI is InChI=1S/C12H18N2O3S/c1-8-11(12(15)14-13)6-9(17-8)7-18-10-2-4-16-5-3-10/h6,10H,2-5,7,13H2,1H3,(H,14,15). The zero-order chi connectivity index (χ0) is 13.0. The van der Waals surface area contributed by atoms with E-state index in [1.807, 2.05) is 11.8 Å². The van der Waals surface area contributed by atoms with Crippen LogP contribution in [0.2, 0.25) is 0 Å². The molecule has 1 aliphatic heterocycles. The molecule has 1 fully saturated rings. The van der Waals surface area contributed by atoms with Gasteiger partial charge in [0, 0.05) is 18.5 Å². The Labute approximate surface area is 110 Å². The minimum atomic E-state index is -0.307. The van der Waals surface area contributed by atoms with Gasteiger partial charge in [0.05, 0.1) is 11.3 Å². The average molecular weight is 270 g/mol. The van der Waals surface area contributed by atoms with Gasteiger partial charge >= 0.3 is 0 Å². The van der Waals surface area contributed by atoms with Crippen LogP contribution in [0.3, 0.4) is 0 Å². The zero-order valence-electron chi connectivity index (χ0n) is 10.4. The van der Waals surface area contributed by atoms with E-state index < -0.39 is 0 Å². The number of ether oxygens (including phenoxy) is 1. The Hall–Kier alpha value is -0.980. The first-order chi connectivity index (χ1) is 8.70. The molecule has 0 spiro atoms. The molecule has 1 amide bonds. The molecule has 0 aromatic carbocycles. The topological polar surface area (TPSA) is 77.5 Å². The van der Waals surface area contributed by atoms with Crippen LogP contribution in [0.4, 0.5) is 0 Å². The fraction of sp³-hybridized carbons (Fsp3) is 0.583. The molecule has 2 heterocycles. The van der Waals surface area contributed by atoms with Crippen molar-refractivity contribution in [3.05, 3.63) is 23.2 Å². The molecule has 1 aliphatic rings. The predicted octanol–water partition coefficient (Wildman–Crippen LogP) is 1.60. The Morgan fingerprint density at radius 3 is 2.94 bits per heavy atom. The van der Waals surface area contributed by atoms with Crippen molar-refractivity contribution in [3.8, 4) is 0 Å². The van der Waals surface area contributed by atoms with Crippen LogP contribution in [-0.2, 0) is 10.5 Å². The van der Waals surface area contributed by atoms with Gasteiger partial charge in [0.25, 0.3) is 5.91 Å². The van der Waals surface area contributed by atoms with Crippen LogP contribution in [0.25, 0.3) is 0 Å². The number of amides is 1. The van der Waals surface area contributed by atoms with Gasteiger partial charge in [-0.2, -0.15) is 11.8 Å². The quantitative estimate of drug-likeness (QED) is 0.494. The molecule has 0 saturated carbocycles. The SMILES string of the molecule is Cc1oc(CSC2CCOCC2)cc1C(=O)NN. The predicted molar refractivity (Wildman–Crippen MR) is 70.2 cm³/mol. The molecule has 0 bridgehead atoms. The molecule has 0 radical (unpaired) electrons. The second-order valence-electron chi connectivity index (χ2n) is 4.28. The number of nitrogens with one attached hydrogen (secondary N) is 1. The molecular formula is C12H18N2O3S. The lowest BCUT2D eigenvalue weighted by Gasteiger charge is -2.20. The van der Waals surface area contributed by atoms with Crippen molar-refractivity contribution >= 4 is 17.7 Å². The Bertz CT molecular complexity index is 413. The molecule has 5 nitrogen and oxygen atoms in total. The first-order valence-corrected chi connectivity index (χ1v) is 7.05. The lowest BCUT2D eigenvalue weighted by Crippen LogP contribution is -2.30. The minimum Gasteiger partial charge on any atom is -0.465 e. The first kappa shape index (κ1) is 13.5. The number of furan rings is 1. The molecule has 18 heavy (non-hydrogen) atoms. The van der Waals surface area contributed by atoms with Crippen LogP contribution in [0.1, 0.15) is 34.7 Å². The van der Waals surface area contributed by atoms with E-state index in [4.69, 9.17) is 15.0 Å². The number of nitrogens with two attached hydrogens (primary N) is 1. The summed E-state index contributed by atoms with van der Waals surface area (Å²) in [5, 5.41) is 0.621. The van der Waals surface area contributed by atoms with Crippen molar-refractivity contribution in [2.24, 2.45) is 5.84 Å². The van der Waals surface area contributed by atoms with Gasteiger partial charge < -0.3 is 9.15 Å². The van der Waals surface area contributed by atoms with Crippen molar-refractivity contribution in [3.63, 3.8) is 0 Å². The summed E-state index contributed by atoms with van der Waals surface area (Å²) in [6.45, 7) is 3.46. The van der Waals surface area contributed by atoms with Gasteiger partial charge in [-0.1, -0.05) is 0 Å². The third-order valence-corrected chi connectivity index (χ3v) is 4.37. The fourth-order valence-electron chi connectivity index (χ4n) is 1.96. The van der Waals surface area contributed by atoms with E-state index in [1.54, 1.807) is 13.0 Å². The van der Waals surface area contributed by atoms with E-state index in [2.05, 4.69) is 5.43 Å². The number of hydrazine groups is 1. The average Bonchev–Trinajstić information content (AvgIpc) is 2.78. The fourth-order valence-corrected chi connectivity index (χ4v) is 3.03. The summed E-state index contributed by atoms with van der Waals surface area (Å²) < 4.78 is 10.9. The molecule has 2 rings (SSSR count). The lowest BCUT2D eigenvalue weighted by molar-refractivity contribution is 0.0952. The highest BCUT2D eigenvalue weighted by atomic mass is 32.2. The van der Waals surface area contributed by atoms with Gasteiger partial charge in [-0.25, -0.2) is 5.84 Å². The number of nitrogen functional groups attached to an aromatic ring is 1. The normalized spacial score (nSPS) is 16.8. The van der Waals surface area contributed by atoms with Gasteiger partial charge in [0.1, 0.15) is 11.5 Å². The second kappa shape index (κ2) is 6.26. The first-order valence-electron chi connectivity index (χ1n) is 6.00. The number of carbonyl (C=O) groups excluding carboxylic acids is 1. The molecule has 0 aliphatic carbocycles. The van der Waals surface area contributed by atoms with E-state index in [-0.39, 0.29) is 5.91 Å². The highest BCUT2D eigenvalue weighted by Crippen LogP contribution is 2.27. The van der Waals surface area contributed by atoms with Gasteiger partial charge in [-0.3, -0.25) is 10.2 Å². The van der Waals surface area contributed by atoms with Crippen molar-refractivity contribution in [1.29, 1.82) is 0 Å². The van der Waals surface area contributed by atoms with Gasteiger partial charge in [0.15, 0.2) is 0 Å². The van der Waals surface area contributed by atoms with Crippen LogP contribution in [-0.4, -0.2) is 24.4 Å². The van der Waals surface area contributed by atoms with Crippen LogP contribution in [0.15, 0.2) is 10.5 Å². The Morgan fingerprint density at radius 2 is 2.28 bits per heavy atom. The molecule has 3 N–H and O–H groups in total. The molecule has 100 valence electrons. The smallest absolute Gasteiger partial charge is 0.268 e. The van der Waals surface area contributed by atoms with Gasteiger partial charge in [0.2, 0.25) is 0 Å². The van der Waals surface area contributed by atoms with Gasteiger partial charge in [-0.05, 0) is 25.8 Å². The number of hydrogen-bond acceptors (Lipinski definition) is 5. The number of rotatable bonds is 4. The van der Waals surface area contributed by atoms with Crippen LogP contribution < -0.4 is 11.3 Å². The molecule has 0 unspecified atom stereocenters. The summed E-state index contributed by atoms with van der Waals surface area (Å²) >= 11 is 1.86. The van der Waals surface area contributed by atoms with Crippen molar-refractivity contribution in [2.45, 2.75) is 30.8 Å². The monoisotopic (exact) mass is 270 g/mol. The van der Waals surface area contributed by atoms with E-state index in [1.165, 1.54) is 0 Å². The van der Waals surface area contributed by atoms with E-state index in [9.17, 15) is 4.79 Å². The van der Waals surface area contributed by atoms with Crippen molar-refractivity contribution in [2.75, 3.05) is 13.2 Å². The Kier molecular flexibility index (Phi) is 4.68. The van der Waals surface area contributed by atoms with Crippen molar-refractivity contribution in [1.82, 2.24) is 5.43 Å². The number of thioether (sulfide) groups is 1. The maximum atomic E-state index is 11.4. The summed E-state index contributed by atoms with van der Waals surface area (Å²) in [5.74, 6) is 7.02. The molecule has 1 aromatic heterocycles. The molecule has 6 heteroatoms. The molecular weight excluding hydrogens is 252 g/mol. The highest BCUT2D eigenvalue weighted by Gasteiger charge is 2.17. The second-order valence-corrected chi connectivity index (χ2v) is 5.57. The van der Waals surface area contributed by atoms with Crippen LogP contribution >= 0.6 is 11.8 Å².